The van der Waals surface area contributed by atoms with Gasteiger partial charge in [0.2, 0.25) is 0 Å². The van der Waals surface area contributed by atoms with Gasteiger partial charge in [-0.1, -0.05) is 0 Å². The molecule has 0 fully saturated rings. The molecule has 66 valence electrons. The van der Waals surface area contributed by atoms with E-state index in [1.54, 1.807) is 0 Å². The highest BCUT2D eigenvalue weighted by Gasteiger charge is 2.12. The molecule has 1 aliphatic rings. The average molecular weight is 173 g/mol. The van der Waals surface area contributed by atoms with Gasteiger partial charge in [0.05, 0.1) is 23.0 Å². The zero-order valence-electron chi connectivity index (χ0n) is 7.54. The summed E-state index contributed by atoms with van der Waals surface area (Å²) in [5.74, 6) is 0. The van der Waals surface area contributed by atoms with Crippen LogP contribution in [0.5, 0.6) is 0 Å². The van der Waals surface area contributed by atoms with E-state index in [2.05, 4.69) is 23.3 Å². The molecule has 0 atom stereocenters. The second-order valence-electron chi connectivity index (χ2n) is 3.19. The summed E-state index contributed by atoms with van der Waals surface area (Å²) in [7, 11) is 2.06. The van der Waals surface area contributed by atoms with Gasteiger partial charge in [0, 0.05) is 20.1 Å². The van der Waals surface area contributed by atoms with E-state index in [0.29, 0.717) is 5.56 Å². The third-order valence-electron chi connectivity index (χ3n) is 2.30. The van der Waals surface area contributed by atoms with Crippen LogP contribution >= 0.6 is 0 Å². The normalized spacial score (nSPS) is 14.3. The van der Waals surface area contributed by atoms with Crippen molar-refractivity contribution in [3.8, 4) is 6.07 Å². The van der Waals surface area contributed by atoms with Crippen LogP contribution in [0.4, 0.5) is 11.4 Å². The van der Waals surface area contributed by atoms with E-state index in [1.165, 1.54) is 5.69 Å². The number of fused-ring (bicyclic) bond motifs is 1. The summed E-state index contributed by atoms with van der Waals surface area (Å²) in [6, 6.07) is 7.86. The van der Waals surface area contributed by atoms with Gasteiger partial charge in [0.25, 0.3) is 0 Å². The molecule has 1 aromatic carbocycles. The van der Waals surface area contributed by atoms with Crippen LogP contribution in [0.1, 0.15) is 5.56 Å². The summed E-state index contributed by atoms with van der Waals surface area (Å²) in [5, 5.41) is 12.0. The highest BCUT2D eigenvalue weighted by atomic mass is 15.2. The minimum absolute atomic E-state index is 0.710. The van der Waals surface area contributed by atoms with Crippen LogP contribution in [0.25, 0.3) is 0 Å². The van der Waals surface area contributed by atoms with Gasteiger partial charge in [-0.3, -0.25) is 0 Å². The lowest BCUT2D eigenvalue weighted by Crippen LogP contribution is -2.30. The van der Waals surface area contributed by atoms with Crippen LogP contribution in [0, 0.1) is 11.3 Å². The molecule has 0 bridgehead atoms. The van der Waals surface area contributed by atoms with Crippen molar-refractivity contribution < 1.29 is 0 Å². The van der Waals surface area contributed by atoms with Crippen LogP contribution in [-0.4, -0.2) is 20.1 Å². The minimum Gasteiger partial charge on any atom is -0.382 e. The second kappa shape index (κ2) is 2.98. The fraction of sp³-hybridized carbons (Fsp3) is 0.300. The highest BCUT2D eigenvalue weighted by molar-refractivity contribution is 5.73. The minimum atomic E-state index is 0.710. The number of anilines is 2. The Morgan fingerprint density at radius 3 is 3.15 bits per heavy atom. The molecule has 1 heterocycles. The van der Waals surface area contributed by atoms with Crippen molar-refractivity contribution in [2.24, 2.45) is 0 Å². The molecule has 3 heteroatoms. The Labute approximate surface area is 77.6 Å². The number of nitrogens with one attached hydrogen (secondary N) is 1. The van der Waals surface area contributed by atoms with E-state index < -0.39 is 0 Å². The van der Waals surface area contributed by atoms with Crippen LogP contribution < -0.4 is 10.2 Å². The Balaban J connectivity index is 2.47. The zero-order valence-corrected chi connectivity index (χ0v) is 7.54. The van der Waals surface area contributed by atoms with Crippen molar-refractivity contribution in [3.05, 3.63) is 23.8 Å². The Morgan fingerprint density at radius 2 is 2.38 bits per heavy atom. The van der Waals surface area contributed by atoms with Crippen LogP contribution in [0.2, 0.25) is 0 Å². The first-order chi connectivity index (χ1) is 6.31. The summed E-state index contributed by atoms with van der Waals surface area (Å²) in [6.07, 6.45) is 0. The lowest BCUT2D eigenvalue weighted by Gasteiger charge is -2.28. The SMILES string of the molecule is CN1CCNc2cc(C#N)ccc21. The van der Waals surface area contributed by atoms with Gasteiger partial charge in [0.1, 0.15) is 0 Å². The number of likely N-dealkylation sites (N-methyl/N-ethyl adjacent to an activating group) is 1. The monoisotopic (exact) mass is 173 g/mol. The number of benzene rings is 1. The van der Waals surface area contributed by atoms with Gasteiger partial charge in [-0.2, -0.15) is 5.26 Å². The zero-order chi connectivity index (χ0) is 9.26. The van der Waals surface area contributed by atoms with Gasteiger partial charge in [-0.25, -0.2) is 0 Å². The van der Waals surface area contributed by atoms with Crippen LogP contribution in [-0.2, 0) is 0 Å². The van der Waals surface area contributed by atoms with E-state index >= 15 is 0 Å². The number of hydrogen-bond acceptors (Lipinski definition) is 3. The summed E-state index contributed by atoms with van der Waals surface area (Å²) < 4.78 is 0. The molecule has 0 radical (unpaired) electrons. The fourth-order valence-corrected chi connectivity index (χ4v) is 1.56. The summed E-state index contributed by atoms with van der Waals surface area (Å²) in [4.78, 5) is 2.19. The fourth-order valence-electron chi connectivity index (χ4n) is 1.56. The number of nitrogens with zero attached hydrogens (tertiary/aromatic N) is 2. The van der Waals surface area contributed by atoms with E-state index in [9.17, 15) is 0 Å². The third kappa shape index (κ3) is 1.31. The molecule has 1 aromatic rings. The summed E-state index contributed by atoms with van der Waals surface area (Å²) in [5.41, 5.74) is 2.94. The highest BCUT2D eigenvalue weighted by Crippen LogP contribution is 2.28. The number of rotatable bonds is 0. The molecule has 0 unspecified atom stereocenters. The quantitative estimate of drug-likeness (QED) is 0.645. The number of nitriles is 1. The van der Waals surface area contributed by atoms with Crippen LogP contribution in [0.3, 0.4) is 0 Å². The molecule has 3 nitrogen and oxygen atoms in total. The first kappa shape index (κ1) is 7.93. The predicted molar refractivity (Wildman–Crippen MR) is 52.9 cm³/mol. The molecule has 1 aliphatic heterocycles. The van der Waals surface area contributed by atoms with Crippen molar-refractivity contribution in [2.45, 2.75) is 0 Å². The Bertz CT molecular complexity index is 365. The van der Waals surface area contributed by atoms with Gasteiger partial charge in [-0.15, -0.1) is 0 Å². The third-order valence-corrected chi connectivity index (χ3v) is 2.30. The molecule has 2 rings (SSSR count). The van der Waals surface area contributed by atoms with Crippen molar-refractivity contribution >= 4 is 11.4 Å². The van der Waals surface area contributed by atoms with Gasteiger partial charge in [0.15, 0.2) is 0 Å². The average Bonchev–Trinajstić information content (AvgIpc) is 2.18. The van der Waals surface area contributed by atoms with Crippen molar-refractivity contribution in [3.63, 3.8) is 0 Å². The van der Waals surface area contributed by atoms with E-state index in [4.69, 9.17) is 5.26 Å². The molecule has 0 aromatic heterocycles. The van der Waals surface area contributed by atoms with E-state index in [1.807, 2.05) is 18.2 Å². The molecule has 0 saturated carbocycles. The maximum absolute atomic E-state index is 8.71. The topological polar surface area (TPSA) is 39.1 Å². The van der Waals surface area contributed by atoms with Gasteiger partial charge in [-0.05, 0) is 18.2 Å². The first-order valence-electron chi connectivity index (χ1n) is 4.30. The second-order valence-corrected chi connectivity index (χ2v) is 3.19. The first-order valence-corrected chi connectivity index (χ1v) is 4.30. The van der Waals surface area contributed by atoms with E-state index in [-0.39, 0.29) is 0 Å². The van der Waals surface area contributed by atoms with Gasteiger partial charge < -0.3 is 10.2 Å². The predicted octanol–water partition coefficient (Wildman–Crippen LogP) is 1.42. The molecule has 13 heavy (non-hydrogen) atoms. The Kier molecular flexibility index (Phi) is 1.82. The maximum Gasteiger partial charge on any atom is 0.0992 e. The van der Waals surface area contributed by atoms with Crippen molar-refractivity contribution in [1.29, 1.82) is 5.26 Å². The Morgan fingerprint density at radius 1 is 1.54 bits per heavy atom. The molecule has 0 saturated heterocycles. The van der Waals surface area contributed by atoms with Gasteiger partial charge >= 0.3 is 0 Å². The van der Waals surface area contributed by atoms with Crippen molar-refractivity contribution in [1.82, 2.24) is 0 Å². The lowest BCUT2D eigenvalue weighted by atomic mass is 10.1. The summed E-state index contributed by atoms with van der Waals surface area (Å²) >= 11 is 0. The summed E-state index contributed by atoms with van der Waals surface area (Å²) in [6.45, 7) is 1.96. The van der Waals surface area contributed by atoms with E-state index in [0.717, 1.165) is 18.8 Å². The molecule has 0 amide bonds. The number of hydrogen-bond donors (Lipinski definition) is 1. The van der Waals surface area contributed by atoms with Crippen molar-refractivity contribution in [2.75, 3.05) is 30.4 Å². The maximum atomic E-state index is 8.71. The molecular formula is C10H11N3. The standard InChI is InChI=1S/C10H11N3/c1-13-5-4-12-9-6-8(7-11)2-3-10(9)13/h2-3,6,12H,4-5H2,1H3. The Hall–Kier alpha value is -1.69. The lowest BCUT2D eigenvalue weighted by molar-refractivity contribution is 0.887. The molecule has 1 N–H and O–H groups in total. The smallest absolute Gasteiger partial charge is 0.0992 e. The molecule has 0 aliphatic carbocycles. The molecule has 0 spiro atoms. The van der Waals surface area contributed by atoms with Crippen LogP contribution in [0.15, 0.2) is 18.2 Å². The largest absolute Gasteiger partial charge is 0.382 e. The molecular weight excluding hydrogens is 162 g/mol.